The van der Waals surface area contributed by atoms with Crippen molar-refractivity contribution in [3.8, 4) is 0 Å². The highest BCUT2D eigenvalue weighted by Gasteiger charge is 2.26. The number of nitrogens with zero attached hydrogens (tertiary/aromatic N) is 1. The van der Waals surface area contributed by atoms with Gasteiger partial charge in [-0.1, -0.05) is 30.3 Å². The van der Waals surface area contributed by atoms with Crippen molar-refractivity contribution in [2.75, 3.05) is 18.4 Å². The summed E-state index contributed by atoms with van der Waals surface area (Å²) in [6.45, 7) is 3.35. The lowest BCUT2D eigenvalue weighted by Crippen LogP contribution is -2.36. The summed E-state index contributed by atoms with van der Waals surface area (Å²) in [6, 6.07) is 15.4. The molecular formula is C21H21N3O2. The Kier molecular flexibility index (Phi) is 4.54. The van der Waals surface area contributed by atoms with E-state index in [1.165, 1.54) is 31.5 Å². The van der Waals surface area contributed by atoms with Crippen molar-refractivity contribution in [1.82, 2.24) is 10.2 Å². The van der Waals surface area contributed by atoms with Gasteiger partial charge in [0, 0.05) is 29.6 Å². The minimum atomic E-state index is -0.383. The first-order chi connectivity index (χ1) is 12.7. The first kappa shape index (κ1) is 16.5. The second kappa shape index (κ2) is 7.14. The number of hydrogen-bond donors (Lipinski definition) is 2. The highest BCUT2D eigenvalue weighted by Crippen LogP contribution is 2.24. The molecule has 0 spiro atoms. The maximum atomic E-state index is 12.2. The van der Waals surface area contributed by atoms with Crippen LogP contribution >= 0.6 is 0 Å². The summed E-state index contributed by atoms with van der Waals surface area (Å²) in [5.74, 6) is -0.735. The second-order valence-corrected chi connectivity index (χ2v) is 6.71. The molecule has 1 saturated heterocycles. The van der Waals surface area contributed by atoms with E-state index in [0.717, 1.165) is 12.2 Å². The van der Waals surface area contributed by atoms with Crippen molar-refractivity contribution in [1.29, 1.82) is 0 Å². The van der Waals surface area contributed by atoms with Gasteiger partial charge in [-0.2, -0.15) is 0 Å². The van der Waals surface area contributed by atoms with Crippen molar-refractivity contribution in [2.45, 2.75) is 19.4 Å². The van der Waals surface area contributed by atoms with Gasteiger partial charge in [0.2, 0.25) is 0 Å². The van der Waals surface area contributed by atoms with Crippen LogP contribution in [0.5, 0.6) is 0 Å². The molecular weight excluding hydrogens is 326 g/mol. The van der Waals surface area contributed by atoms with Crippen molar-refractivity contribution in [3.63, 3.8) is 0 Å². The van der Waals surface area contributed by atoms with E-state index >= 15 is 0 Å². The van der Waals surface area contributed by atoms with Gasteiger partial charge in [0.05, 0.1) is 5.57 Å². The first-order valence-corrected chi connectivity index (χ1v) is 8.94. The smallest absolute Gasteiger partial charge is 0.260 e. The van der Waals surface area contributed by atoms with Gasteiger partial charge in [-0.25, -0.2) is 0 Å². The lowest BCUT2D eigenvalue weighted by Gasteiger charge is -2.18. The van der Waals surface area contributed by atoms with Crippen LogP contribution in [0.15, 0.2) is 54.7 Å². The number of nitrogens with one attached hydrogen (secondary N) is 2. The number of likely N-dealkylation sites (tertiary alicyclic amines) is 1. The molecule has 4 rings (SSSR count). The molecule has 1 fully saturated rings. The molecule has 5 nitrogen and oxygen atoms in total. The number of amides is 2. The summed E-state index contributed by atoms with van der Waals surface area (Å²) in [7, 11) is 0. The van der Waals surface area contributed by atoms with E-state index < -0.39 is 0 Å². The number of carbonyl (C=O) groups is 2. The molecule has 2 aromatic rings. The number of anilines is 1. The van der Waals surface area contributed by atoms with Crippen LogP contribution < -0.4 is 10.6 Å². The third kappa shape index (κ3) is 3.39. The Hall–Kier alpha value is -2.92. The van der Waals surface area contributed by atoms with E-state index in [9.17, 15) is 9.59 Å². The third-order valence-electron chi connectivity index (χ3n) is 4.88. The number of imide groups is 1. The average Bonchev–Trinajstić information content (AvgIpc) is 3.16. The van der Waals surface area contributed by atoms with Crippen LogP contribution in [0.3, 0.4) is 0 Å². The van der Waals surface area contributed by atoms with Crippen LogP contribution in [0, 0.1) is 0 Å². The maximum absolute atomic E-state index is 12.2. The minimum Gasteiger partial charge on any atom is -0.361 e. The average molecular weight is 347 g/mol. The molecule has 0 bridgehead atoms. The fourth-order valence-corrected chi connectivity index (χ4v) is 3.48. The molecule has 0 aromatic heterocycles. The van der Waals surface area contributed by atoms with Crippen molar-refractivity contribution < 1.29 is 9.59 Å². The van der Waals surface area contributed by atoms with E-state index in [2.05, 4.69) is 27.7 Å². The summed E-state index contributed by atoms with van der Waals surface area (Å²) < 4.78 is 0. The van der Waals surface area contributed by atoms with Crippen LogP contribution in [-0.2, 0) is 11.3 Å². The van der Waals surface area contributed by atoms with E-state index in [0.29, 0.717) is 16.7 Å². The summed E-state index contributed by atoms with van der Waals surface area (Å²) in [5.41, 5.74) is 3.82. The highest BCUT2D eigenvalue weighted by molar-refractivity contribution is 6.31. The Bertz CT molecular complexity index is 865. The lowest BCUT2D eigenvalue weighted by molar-refractivity contribution is -0.114. The number of carbonyl (C=O) groups excluding carboxylic acids is 2. The molecule has 2 aliphatic rings. The molecule has 0 saturated carbocycles. The SMILES string of the molecule is O=C1NC(=O)c2ccccc2/C1=C/Nc1ccc(CN2CCCC2)cc1. The summed E-state index contributed by atoms with van der Waals surface area (Å²) in [6.07, 6.45) is 4.24. The molecule has 0 aliphatic carbocycles. The number of fused-ring (bicyclic) bond motifs is 1. The molecule has 2 N–H and O–H groups in total. The topological polar surface area (TPSA) is 61.4 Å². The van der Waals surface area contributed by atoms with Gasteiger partial charge in [-0.15, -0.1) is 0 Å². The van der Waals surface area contributed by atoms with Gasteiger partial charge >= 0.3 is 0 Å². The van der Waals surface area contributed by atoms with Crippen molar-refractivity contribution in [2.24, 2.45) is 0 Å². The fourth-order valence-electron chi connectivity index (χ4n) is 3.48. The lowest BCUT2D eigenvalue weighted by atomic mass is 9.96. The molecule has 5 heteroatoms. The zero-order chi connectivity index (χ0) is 17.9. The zero-order valence-corrected chi connectivity index (χ0v) is 14.5. The predicted octanol–water partition coefficient (Wildman–Crippen LogP) is 3.01. The molecule has 132 valence electrons. The van der Waals surface area contributed by atoms with Gasteiger partial charge < -0.3 is 5.32 Å². The Balaban J connectivity index is 1.49. The Labute approximate surface area is 152 Å². The minimum absolute atomic E-state index is 0.353. The summed E-state index contributed by atoms with van der Waals surface area (Å²) in [5, 5.41) is 5.55. The van der Waals surface area contributed by atoms with Crippen LogP contribution in [0.2, 0.25) is 0 Å². The van der Waals surface area contributed by atoms with Crippen LogP contribution in [0.4, 0.5) is 5.69 Å². The second-order valence-electron chi connectivity index (χ2n) is 6.71. The number of rotatable bonds is 4. The summed E-state index contributed by atoms with van der Waals surface area (Å²) >= 11 is 0. The largest absolute Gasteiger partial charge is 0.361 e. The third-order valence-corrected chi connectivity index (χ3v) is 4.88. The Morgan fingerprint density at radius 2 is 1.62 bits per heavy atom. The molecule has 2 heterocycles. The van der Waals surface area contributed by atoms with Crippen molar-refractivity contribution >= 4 is 23.1 Å². The summed E-state index contributed by atoms with van der Waals surface area (Å²) in [4.78, 5) is 26.6. The monoisotopic (exact) mass is 347 g/mol. The molecule has 2 aliphatic heterocycles. The quantitative estimate of drug-likeness (QED) is 0.659. The van der Waals surface area contributed by atoms with E-state index in [1.54, 1.807) is 24.4 Å². The molecule has 2 aromatic carbocycles. The number of benzene rings is 2. The van der Waals surface area contributed by atoms with Gasteiger partial charge in [-0.3, -0.25) is 19.8 Å². The van der Waals surface area contributed by atoms with Gasteiger partial charge in [0.15, 0.2) is 0 Å². The van der Waals surface area contributed by atoms with E-state index in [4.69, 9.17) is 0 Å². The van der Waals surface area contributed by atoms with Gasteiger partial charge in [-0.05, 0) is 49.7 Å². The molecule has 0 radical (unpaired) electrons. The number of hydrogen-bond acceptors (Lipinski definition) is 4. The molecule has 26 heavy (non-hydrogen) atoms. The normalized spacial score (nSPS) is 18.7. The molecule has 2 amide bonds. The van der Waals surface area contributed by atoms with Crippen molar-refractivity contribution in [3.05, 3.63) is 71.4 Å². The molecule has 0 atom stereocenters. The van der Waals surface area contributed by atoms with E-state index in [1.807, 2.05) is 18.2 Å². The standard InChI is InChI=1S/C21H21N3O2/c25-20-18-6-2-1-5-17(18)19(21(26)23-20)13-22-16-9-7-15(8-10-16)14-24-11-3-4-12-24/h1-2,5-10,13,22H,3-4,11-12,14H2,(H,23,25,26)/b19-13-. The maximum Gasteiger partial charge on any atom is 0.260 e. The van der Waals surface area contributed by atoms with Gasteiger partial charge in [0.1, 0.15) is 0 Å². The highest BCUT2D eigenvalue weighted by atomic mass is 16.2. The van der Waals surface area contributed by atoms with Crippen LogP contribution in [-0.4, -0.2) is 29.8 Å². The van der Waals surface area contributed by atoms with Crippen LogP contribution in [0.25, 0.3) is 5.57 Å². The van der Waals surface area contributed by atoms with Crippen LogP contribution in [0.1, 0.15) is 34.3 Å². The zero-order valence-electron chi connectivity index (χ0n) is 14.5. The Morgan fingerprint density at radius 1 is 0.923 bits per heavy atom. The van der Waals surface area contributed by atoms with E-state index in [-0.39, 0.29) is 11.8 Å². The first-order valence-electron chi connectivity index (χ1n) is 8.94. The molecule has 0 unspecified atom stereocenters. The Morgan fingerprint density at radius 3 is 2.35 bits per heavy atom. The predicted molar refractivity (Wildman–Crippen MR) is 101 cm³/mol. The van der Waals surface area contributed by atoms with Gasteiger partial charge in [0.25, 0.3) is 11.8 Å². The fraction of sp³-hybridized carbons (Fsp3) is 0.238.